The van der Waals surface area contributed by atoms with Crippen molar-refractivity contribution in [1.29, 1.82) is 0 Å². The van der Waals surface area contributed by atoms with Gasteiger partial charge in [-0.25, -0.2) is 0 Å². The molecule has 3 N–H and O–H groups in total. The van der Waals surface area contributed by atoms with E-state index in [1.807, 2.05) is 0 Å². The fourth-order valence-corrected chi connectivity index (χ4v) is 3.36. The Hall–Kier alpha value is -3.35. The summed E-state index contributed by atoms with van der Waals surface area (Å²) in [5.41, 5.74) is 7.75. The van der Waals surface area contributed by atoms with Crippen LogP contribution in [0.1, 0.15) is 40.5 Å². The first-order valence-corrected chi connectivity index (χ1v) is 9.71. The summed E-state index contributed by atoms with van der Waals surface area (Å²) >= 11 is 0. The molecule has 0 bridgehead atoms. The van der Waals surface area contributed by atoms with Gasteiger partial charge in [0.05, 0.1) is 18.1 Å². The van der Waals surface area contributed by atoms with Crippen LogP contribution in [0.4, 0.5) is 11.4 Å². The zero-order valence-corrected chi connectivity index (χ0v) is 16.4. The molecule has 1 heterocycles. The molecule has 0 aromatic heterocycles. The largest absolute Gasteiger partial charge is 0.466 e. The van der Waals surface area contributed by atoms with Gasteiger partial charge in [0.1, 0.15) is 0 Å². The third-order valence-electron chi connectivity index (χ3n) is 5.00. The van der Waals surface area contributed by atoms with Crippen molar-refractivity contribution in [3.63, 3.8) is 0 Å². The van der Waals surface area contributed by atoms with Crippen LogP contribution in [0, 0.1) is 5.92 Å². The molecule has 1 fully saturated rings. The number of nitrogens with two attached hydrogens (primary N) is 1. The van der Waals surface area contributed by atoms with Crippen LogP contribution in [0.2, 0.25) is 0 Å². The van der Waals surface area contributed by atoms with Gasteiger partial charge in [-0.15, -0.1) is 0 Å². The standard InChI is InChI=1S/C22H25N3O4/c1-2-29-22(28)16-11-13-25(14-12-16)21(27)15-7-9-17(10-8-15)24-20(26)18-5-3-4-6-19(18)23/h3-10,16H,2,11-14,23H2,1H3,(H,24,26). The number of rotatable bonds is 5. The molecule has 2 aromatic rings. The average Bonchev–Trinajstić information content (AvgIpc) is 2.74. The molecule has 1 aliphatic heterocycles. The maximum Gasteiger partial charge on any atom is 0.309 e. The van der Waals surface area contributed by atoms with E-state index in [-0.39, 0.29) is 23.7 Å². The van der Waals surface area contributed by atoms with E-state index >= 15 is 0 Å². The minimum atomic E-state index is -0.303. The van der Waals surface area contributed by atoms with Crippen molar-refractivity contribution in [2.45, 2.75) is 19.8 Å². The van der Waals surface area contributed by atoms with Crippen LogP contribution in [0.15, 0.2) is 48.5 Å². The number of benzene rings is 2. The van der Waals surface area contributed by atoms with Gasteiger partial charge in [-0.2, -0.15) is 0 Å². The van der Waals surface area contributed by atoms with E-state index in [0.717, 1.165) is 0 Å². The van der Waals surface area contributed by atoms with E-state index in [9.17, 15) is 14.4 Å². The number of nitrogens with one attached hydrogen (secondary N) is 1. The number of esters is 1. The van der Waals surface area contributed by atoms with E-state index in [1.165, 1.54) is 0 Å². The molecule has 7 heteroatoms. The van der Waals surface area contributed by atoms with Crippen LogP contribution >= 0.6 is 0 Å². The third kappa shape index (κ3) is 4.93. The lowest BCUT2D eigenvalue weighted by Crippen LogP contribution is -2.40. The maximum atomic E-state index is 12.7. The van der Waals surface area contributed by atoms with Crippen LogP contribution in [0.25, 0.3) is 0 Å². The van der Waals surface area contributed by atoms with Crippen LogP contribution in [-0.2, 0) is 9.53 Å². The number of nitrogen functional groups attached to an aromatic ring is 1. The summed E-state index contributed by atoms with van der Waals surface area (Å²) in [4.78, 5) is 38.6. The molecule has 0 unspecified atom stereocenters. The summed E-state index contributed by atoms with van der Waals surface area (Å²) in [5.74, 6) is -0.707. The number of carbonyl (C=O) groups excluding carboxylic acids is 3. The molecule has 0 saturated carbocycles. The van der Waals surface area contributed by atoms with E-state index < -0.39 is 0 Å². The second-order valence-corrected chi connectivity index (χ2v) is 6.94. The Balaban J connectivity index is 1.57. The summed E-state index contributed by atoms with van der Waals surface area (Å²) in [6.07, 6.45) is 1.22. The van der Waals surface area contributed by atoms with Gasteiger partial charge in [0.25, 0.3) is 11.8 Å². The normalized spacial score (nSPS) is 14.3. The highest BCUT2D eigenvalue weighted by Gasteiger charge is 2.28. The van der Waals surface area contributed by atoms with Crippen molar-refractivity contribution in [3.8, 4) is 0 Å². The Morgan fingerprint density at radius 3 is 2.34 bits per heavy atom. The zero-order chi connectivity index (χ0) is 20.8. The summed E-state index contributed by atoms with van der Waals surface area (Å²) < 4.78 is 5.06. The molecule has 0 spiro atoms. The molecule has 0 aliphatic carbocycles. The maximum absolute atomic E-state index is 12.7. The van der Waals surface area contributed by atoms with Gasteiger partial charge >= 0.3 is 5.97 Å². The Kier molecular flexibility index (Phi) is 6.49. The molecule has 152 valence electrons. The number of anilines is 2. The molecular weight excluding hydrogens is 370 g/mol. The molecule has 0 atom stereocenters. The van der Waals surface area contributed by atoms with Crippen LogP contribution in [-0.4, -0.2) is 42.4 Å². The van der Waals surface area contributed by atoms with E-state index in [0.29, 0.717) is 55.0 Å². The molecule has 1 aliphatic rings. The van der Waals surface area contributed by atoms with E-state index in [2.05, 4.69) is 5.32 Å². The Morgan fingerprint density at radius 2 is 1.72 bits per heavy atom. The number of ether oxygens (including phenoxy) is 1. The van der Waals surface area contributed by atoms with E-state index in [1.54, 1.807) is 60.4 Å². The molecule has 0 radical (unpaired) electrons. The van der Waals surface area contributed by atoms with E-state index in [4.69, 9.17) is 10.5 Å². The average molecular weight is 395 g/mol. The Morgan fingerprint density at radius 1 is 1.07 bits per heavy atom. The molecule has 2 aromatic carbocycles. The second kappa shape index (κ2) is 9.23. The highest BCUT2D eigenvalue weighted by Crippen LogP contribution is 2.21. The number of hydrogen-bond donors (Lipinski definition) is 2. The fraction of sp³-hybridized carbons (Fsp3) is 0.318. The van der Waals surface area contributed by atoms with Gasteiger partial charge in [-0.1, -0.05) is 12.1 Å². The topological polar surface area (TPSA) is 102 Å². The molecule has 1 saturated heterocycles. The van der Waals surface area contributed by atoms with Crippen molar-refractivity contribution in [3.05, 3.63) is 59.7 Å². The summed E-state index contributed by atoms with van der Waals surface area (Å²) in [6, 6.07) is 13.6. The van der Waals surface area contributed by atoms with Crippen LogP contribution in [0.5, 0.6) is 0 Å². The van der Waals surface area contributed by atoms with Crippen LogP contribution in [0.3, 0.4) is 0 Å². The van der Waals surface area contributed by atoms with Crippen molar-refractivity contribution in [1.82, 2.24) is 4.90 Å². The SMILES string of the molecule is CCOC(=O)C1CCN(C(=O)c2ccc(NC(=O)c3ccccc3N)cc2)CC1. The second-order valence-electron chi connectivity index (χ2n) is 6.94. The first-order valence-electron chi connectivity index (χ1n) is 9.71. The van der Waals surface area contributed by atoms with Gasteiger partial charge in [0.15, 0.2) is 0 Å². The molecule has 2 amide bonds. The minimum Gasteiger partial charge on any atom is -0.466 e. The minimum absolute atomic E-state index is 0.0857. The van der Waals surface area contributed by atoms with Gasteiger partial charge in [0, 0.05) is 30.0 Å². The smallest absolute Gasteiger partial charge is 0.309 e. The molecule has 3 rings (SSSR count). The molecular formula is C22H25N3O4. The zero-order valence-electron chi connectivity index (χ0n) is 16.4. The number of nitrogens with zero attached hydrogens (tertiary/aromatic N) is 1. The van der Waals surface area contributed by atoms with Gasteiger partial charge in [-0.05, 0) is 56.2 Å². The van der Waals surface area contributed by atoms with Crippen molar-refractivity contribution < 1.29 is 19.1 Å². The molecule has 29 heavy (non-hydrogen) atoms. The third-order valence-corrected chi connectivity index (χ3v) is 5.00. The summed E-state index contributed by atoms with van der Waals surface area (Å²) in [7, 11) is 0. The number of carbonyl (C=O) groups is 3. The monoisotopic (exact) mass is 395 g/mol. The van der Waals surface area contributed by atoms with Crippen LogP contribution < -0.4 is 11.1 Å². The van der Waals surface area contributed by atoms with Crippen molar-refractivity contribution >= 4 is 29.2 Å². The van der Waals surface area contributed by atoms with Crippen molar-refractivity contribution in [2.75, 3.05) is 30.7 Å². The number of hydrogen-bond acceptors (Lipinski definition) is 5. The summed E-state index contributed by atoms with van der Waals surface area (Å²) in [5, 5.41) is 2.78. The number of likely N-dealkylation sites (tertiary alicyclic amines) is 1. The number of piperidine rings is 1. The quantitative estimate of drug-likeness (QED) is 0.599. The fourth-order valence-electron chi connectivity index (χ4n) is 3.36. The lowest BCUT2D eigenvalue weighted by Gasteiger charge is -2.31. The highest BCUT2D eigenvalue weighted by atomic mass is 16.5. The van der Waals surface area contributed by atoms with Crippen molar-refractivity contribution in [2.24, 2.45) is 5.92 Å². The Bertz CT molecular complexity index is 887. The van der Waals surface area contributed by atoms with Gasteiger partial charge in [-0.3, -0.25) is 14.4 Å². The lowest BCUT2D eigenvalue weighted by atomic mass is 9.96. The Labute approximate surface area is 169 Å². The highest BCUT2D eigenvalue weighted by molar-refractivity contribution is 6.07. The van der Waals surface area contributed by atoms with Gasteiger partial charge in [0.2, 0.25) is 0 Å². The lowest BCUT2D eigenvalue weighted by molar-refractivity contribution is -0.149. The first kappa shape index (κ1) is 20.4. The van der Waals surface area contributed by atoms with Gasteiger partial charge < -0.3 is 20.7 Å². The first-order chi connectivity index (χ1) is 14.0. The molecule has 7 nitrogen and oxygen atoms in total. The predicted molar refractivity (Wildman–Crippen MR) is 111 cm³/mol. The summed E-state index contributed by atoms with van der Waals surface area (Å²) in [6.45, 7) is 3.21. The number of amides is 2. The number of para-hydroxylation sites is 1. The predicted octanol–water partition coefficient (Wildman–Crippen LogP) is 2.94.